The van der Waals surface area contributed by atoms with Crippen LogP contribution >= 0.6 is 11.3 Å². The number of amides is 1. The highest BCUT2D eigenvalue weighted by Gasteiger charge is 2.09. The maximum absolute atomic E-state index is 11.8. The van der Waals surface area contributed by atoms with E-state index in [2.05, 4.69) is 10.3 Å². The molecule has 92 valence electrons. The van der Waals surface area contributed by atoms with Crippen LogP contribution in [0.1, 0.15) is 26.4 Å². The molecule has 2 N–H and O–H groups in total. The summed E-state index contributed by atoms with van der Waals surface area (Å²) in [6, 6.07) is 5.91. The predicted molar refractivity (Wildman–Crippen MR) is 66.7 cm³/mol. The number of hydrogen-bond acceptors (Lipinski definition) is 4. The molecule has 0 radical (unpaired) electrons. The van der Waals surface area contributed by atoms with Gasteiger partial charge in [-0.25, -0.2) is 9.78 Å². The number of hydrogen-bond donors (Lipinski definition) is 2. The standard InChI is InChI=1S/C12H10N2O3S/c15-11(13-5-10-6-18-7-14-10)8-2-1-3-9(4-8)12(16)17/h1-4,6-7H,5H2,(H,13,15)(H,16,17). The molecule has 1 aromatic carbocycles. The lowest BCUT2D eigenvalue weighted by Crippen LogP contribution is -2.23. The Morgan fingerprint density at radius 1 is 1.33 bits per heavy atom. The maximum Gasteiger partial charge on any atom is 0.335 e. The third kappa shape index (κ3) is 2.92. The van der Waals surface area contributed by atoms with Crippen LogP contribution in [0, 0.1) is 0 Å². The summed E-state index contributed by atoms with van der Waals surface area (Å²) in [6.07, 6.45) is 0. The zero-order valence-corrected chi connectivity index (χ0v) is 10.1. The van der Waals surface area contributed by atoms with Gasteiger partial charge in [-0.15, -0.1) is 11.3 Å². The van der Waals surface area contributed by atoms with Crippen LogP contribution in [0.3, 0.4) is 0 Å². The van der Waals surface area contributed by atoms with Crippen molar-refractivity contribution in [2.24, 2.45) is 0 Å². The highest BCUT2D eigenvalue weighted by atomic mass is 32.1. The van der Waals surface area contributed by atoms with Crippen LogP contribution in [-0.4, -0.2) is 22.0 Å². The van der Waals surface area contributed by atoms with Crippen molar-refractivity contribution in [2.75, 3.05) is 0 Å². The first-order chi connectivity index (χ1) is 8.66. The lowest BCUT2D eigenvalue weighted by atomic mass is 10.1. The van der Waals surface area contributed by atoms with E-state index in [0.717, 1.165) is 5.69 Å². The molecule has 18 heavy (non-hydrogen) atoms. The van der Waals surface area contributed by atoms with Crippen LogP contribution in [0.5, 0.6) is 0 Å². The van der Waals surface area contributed by atoms with Gasteiger partial charge in [0.25, 0.3) is 5.91 Å². The molecular formula is C12H10N2O3S. The Balaban J connectivity index is 2.04. The van der Waals surface area contributed by atoms with Gasteiger partial charge in [-0.1, -0.05) is 6.07 Å². The van der Waals surface area contributed by atoms with Crippen LogP contribution in [-0.2, 0) is 6.54 Å². The zero-order valence-electron chi connectivity index (χ0n) is 9.29. The molecule has 1 heterocycles. The summed E-state index contributed by atoms with van der Waals surface area (Å²) >= 11 is 1.45. The first-order valence-electron chi connectivity index (χ1n) is 5.15. The van der Waals surface area contributed by atoms with E-state index in [1.54, 1.807) is 17.6 Å². The molecule has 0 spiro atoms. The number of benzene rings is 1. The van der Waals surface area contributed by atoms with Gasteiger partial charge in [-0.3, -0.25) is 4.79 Å². The van der Waals surface area contributed by atoms with E-state index in [9.17, 15) is 9.59 Å². The quantitative estimate of drug-likeness (QED) is 0.880. The van der Waals surface area contributed by atoms with E-state index in [0.29, 0.717) is 12.1 Å². The molecule has 2 rings (SSSR count). The van der Waals surface area contributed by atoms with E-state index < -0.39 is 5.97 Å². The Morgan fingerprint density at radius 3 is 2.78 bits per heavy atom. The molecule has 1 amide bonds. The molecule has 0 aliphatic heterocycles. The van der Waals surface area contributed by atoms with Gasteiger partial charge in [0.1, 0.15) is 0 Å². The minimum Gasteiger partial charge on any atom is -0.478 e. The lowest BCUT2D eigenvalue weighted by Gasteiger charge is -2.04. The molecule has 2 aromatic rings. The van der Waals surface area contributed by atoms with Gasteiger partial charge in [0.15, 0.2) is 0 Å². The van der Waals surface area contributed by atoms with Crippen LogP contribution in [0.2, 0.25) is 0 Å². The van der Waals surface area contributed by atoms with E-state index >= 15 is 0 Å². The summed E-state index contributed by atoms with van der Waals surface area (Å²) in [5.41, 5.74) is 2.89. The van der Waals surface area contributed by atoms with E-state index in [1.807, 2.05) is 5.38 Å². The number of rotatable bonds is 4. The molecule has 1 aromatic heterocycles. The average Bonchev–Trinajstić information content (AvgIpc) is 2.89. The van der Waals surface area contributed by atoms with Crippen molar-refractivity contribution in [3.8, 4) is 0 Å². The molecule has 0 saturated heterocycles. The van der Waals surface area contributed by atoms with Crippen molar-refractivity contribution in [3.63, 3.8) is 0 Å². The molecule has 0 aliphatic carbocycles. The zero-order chi connectivity index (χ0) is 13.0. The summed E-state index contributed by atoms with van der Waals surface area (Å²) in [5.74, 6) is -1.37. The fraction of sp³-hybridized carbons (Fsp3) is 0.0833. The van der Waals surface area contributed by atoms with Crippen LogP contribution in [0.4, 0.5) is 0 Å². The second-order valence-corrected chi connectivity index (χ2v) is 4.27. The molecule has 0 unspecified atom stereocenters. The monoisotopic (exact) mass is 262 g/mol. The highest BCUT2D eigenvalue weighted by molar-refractivity contribution is 7.07. The number of carbonyl (C=O) groups excluding carboxylic acids is 1. The van der Waals surface area contributed by atoms with Gasteiger partial charge in [0.2, 0.25) is 0 Å². The van der Waals surface area contributed by atoms with Gasteiger partial charge < -0.3 is 10.4 Å². The Morgan fingerprint density at radius 2 is 2.11 bits per heavy atom. The number of aromatic nitrogens is 1. The number of nitrogens with one attached hydrogen (secondary N) is 1. The van der Waals surface area contributed by atoms with Gasteiger partial charge >= 0.3 is 5.97 Å². The van der Waals surface area contributed by atoms with E-state index in [-0.39, 0.29) is 11.5 Å². The number of thiazole rings is 1. The summed E-state index contributed by atoms with van der Waals surface area (Å²) in [4.78, 5) is 26.6. The fourth-order valence-electron chi connectivity index (χ4n) is 1.39. The van der Waals surface area contributed by atoms with Gasteiger partial charge in [-0.05, 0) is 18.2 Å². The summed E-state index contributed by atoms with van der Waals surface area (Å²) < 4.78 is 0. The van der Waals surface area contributed by atoms with Crippen LogP contribution < -0.4 is 5.32 Å². The van der Waals surface area contributed by atoms with Gasteiger partial charge in [0, 0.05) is 10.9 Å². The van der Waals surface area contributed by atoms with E-state index in [4.69, 9.17) is 5.11 Å². The van der Waals surface area contributed by atoms with Gasteiger partial charge in [0.05, 0.1) is 23.3 Å². The molecule has 0 fully saturated rings. The van der Waals surface area contributed by atoms with E-state index in [1.165, 1.54) is 23.5 Å². The maximum atomic E-state index is 11.8. The summed E-state index contributed by atoms with van der Waals surface area (Å²) in [6.45, 7) is 0.333. The third-order valence-electron chi connectivity index (χ3n) is 2.29. The van der Waals surface area contributed by atoms with Crippen molar-refractivity contribution >= 4 is 23.2 Å². The van der Waals surface area contributed by atoms with Gasteiger partial charge in [-0.2, -0.15) is 0 Å². The minimum absolute atomic E-state index is 0.0938. The van der Waals surface area contributed by atoms with Crippen molar-refractivity contribution in [1.29, 1.82) is 0 Å². The Bertz CT molecular complexity index is 566. The van der Waals surface area contributed by atoms with Crippen molar-refractivity contribution < 1.29 is 14.7 Å². The number of aromatic carboxylic acids is 1. The molecular weight excluding hydrogens is 252 g/mol. The number of carboxylic acid groups (broad SMARTS) is 1. The second-order valence-electron chi connectivity index (χ2n) is 3.55. The minimum atomic E-state index is -1.05. The molecule has 5 nitrogen and oxygen atoms in total. The molecule has 0 saturated carbocycles. The number of carboxylic acids is 1. The lowest BCUT2D eigenvalue weighted by molar-refractivity contribution is 0.0697. The molecule has 0 bridgehead atoms. The van der Waals surface area contributed by atoms with Crippen molar-refractivity contribution in [2.45, 2.75) is 6.54 Å². The number of carbonyl (C=O) groups is 2. The summed E-state index contributed by atoms with van der Waals surface area (Å²) in [5, 5.41) is 13.4. The SMILES string of the molecule is O=C(O)c1cccc(C(=O)NCc2cscn2)c1. The number of nitrogens with zero attached hydrogens (tertiary/aromatic N) is 1. The fourth-order valence-corrected chi connectivity index (χ4v) is 1.95. The molecule has 6 heteroatoms. The smallest absolute Gasteiger partial charge is 0.335 e. The molecule has 0 aliphatic rings. The van der Waals surface area contributed by atoms with Crippen molar-refractivity contribution in [1.82, 2.24) is 10.3 Å². The molecule has 0 atom stereocenters. The highest BCUT2D eigenvalue weighted by Crippen LogP contribution is 2.06. The van der Waals surface area contributed by atoms with Crippen LogP contribution in [0.25, 0.3) is 0 Å². The Labute approximate surface area is 107 Å². The summed E-state index contributed by atoms with van der Waals surface area (Å²) in [7, 11) is 0. The third-order valence-corrected chi connectivity index (χ3v) is 2.92. The van der Waals surface area contributed by atoms with Crippen LogP contribution in [0.15, 0.2) is 35.2 Å². The normalized spacial score (nSPS) is 10.0. The van der Waals surface area contributed by atoms with Crippen molar-refractivity contribution in [3.05, 3.63) is 52.0 Å². The Kier molecular flexibility index (Phi) is 3.69. The Hall–Kier alpha value is -2.21. The predicted octanol–water partition coefficient (Wildman–Crippen LogP) is 1.77. The largest absolute Gasteiger partial charge is 0.478 e. The average molecular weight is 262 g/mol. The first kappa shape index (κ1) is 12.3. The second kappa shape index (κ2) is 5.42. The first-order valence-corrected chi connectivity index (χ1v) is 6.10. The topological polar surface area (TPSA) is 79.3 Å².